The Morgan fingerprint density at radius 3 is 2.58 bits per heavy atom. The molecule has 0 saturated carbocycles. The maximum atomic E-state index is 13.4. The van der Waals surface area contributed by atoms with Crippen LogP contribution in [0.15, 0.2) is 48.5 Å². The molecule has 3 rings (SSSR count). The van der Waals surface area contributed by atoms with E-state index in [1.54, 1.807) is 49.6 Å². The lowest BCUT2D eigenvalue weighted by atomic mass is 10.1. The van der Waals surface area contributed by atoms with Crippen LogP contribution in [0.25, 0.3) is 0 Å². The predicted molar refractivity (Wildman–Crippen MR) is 120 cm³/mol. The van der Waals surface area contributed by atoms with Crippen LogP contribution in [0.3, 0.4) is 0 Å². The minimum atomic E-state index is -0.721. The number of carbonyl (C=O) groups is 2. The van der Waals surface area contributed by atoms with Crippen molar-refractivity contribution >= 4 is 29.3 Å². The average Bonchev–Trinajstić information content (AvgIpc) is 3.16. The third kappa shape index (κ3) is 5.44. The average molecular weight is 443 g/mol. The quantitative estimate of drug-likeness (QED) is 0.359. The number of nitro benzene ring substituents is 1. The lowest BCUT2D eigenvalue weighted by Gasteiger charge is -2.29. The number of thioether (sulfide) groups is 1. The Morgan fingerprint density at radius 2 is 1.94 bits per heavy atom. The molecule has 7 nitrogen and oxygen atoms in total. The number of esters is 1. The second kappa shape index (κ2) is 9.96. The molecule has 0 aromatic heterocycles. The number of hydrogen-bond donors (Lipinski definition) is 0. The topological polar surface area (TPSA) is 89.8 Å². The first-order valence-electron chi connectivity index (χ1n) is 10.2. The molecule has 31 heavy (non-hydrogen) atoms. The van der Waals surface area contributed by atoms with Crippen molar-refractivity contribution in [2.45, 2.75) is 51.1 Å². The molecule has 0 N–H and O–H groups in total. The Bertz CT molecular complexity index is 964. The summed E-state index contributed by atoms with van der Waals surface area (Å²) in [5.41, 5.74) is 1.72. The zero-order valence-corrected chi connectivity index (χ0v) is 18.6. The highest BCUT2D eigenvalue weighted by atomic mass is 32.2. The van der Waals surface area contributed by atoms with Crippen LogP contribution in [0.1, 0.15) is 41.8 Å². The van der Waals surface area contributed by atoms with Gasteiger partial charge < -0.3 is 9.64 Å². The Hall–Kier alpha value is -2.87. The molecule has 1 heterocycles. The van der Waals surface area contributed by atoms with Gasteiger partial charge in [-0.25, -0.2) is 4.79 Å². The van der Waals surface area contributed by atoms with Crippen molar-refractivity contribution in [2.24, 2.45) is 0 Å². The van der Waals surface area contributed by atoms with Crippen molar-refractivity contribution in [3.05, 3.63) is 75.3 Å². The van der Waals surface area contributed by atoms with E-state index >= 15 is 0 Å². The predicted octanol–water partition coefficient (Wildman–Crippen LogP) is 4.37. The molecule has 2 atom stereocenters. The summed E-state index contributed by atoms with van der Waals surface area (Å²) in [4.78, 5) is 38.5. The molecule has 1 fully saturated rings. The summed E-state index contributed by atoms with van der Waals surface area (Å²) in [5.74, 6) is -0.401. The number of amides is 1. The highest BCUT2D eigenvalue weighted by Gasteiger charge is 2.43. The van der Waals surface area contributed by atoms with Crippen LogP contribution in [-0.2, 0) is 16.0 Å². The van der Waals surface area contributed by atoms with E-state index in [-0.39, 0.29) is 22.7 Å². The molecule has 0 aliphatic carbocycles. The summed E-state index contributed by atoms with van der Waals surface area (Å²) in [7, 11) is 0. The number of ether oxygens (including phenoxy) is 1. The molecule has 164 valence electrons. The second-order valence-electron chi connectivity index (χ2n) is 7.78. The lowest BCUT2D eigenvalue weighted by molar-refractivity contribution is -0.385. The third-order valence-electron chi connectivity index (χ3n) is 5.13. The summed E-state index contributed by atoms with van der Waals surface area (Å²) in [6.45, 7) is 5.16. The van der Waals surface area contributed by atoms with Gasteiger partial charge in [-0.15, -0.1) is 11.8 Å². The van der Waals surface area contributed by atoms with Gasteiger partial charge in [0.25, 0.3) is 11.6 Å². The van der Waals surface area contributed by atoms with E-state index in [2.05, 4.69) is 0 Å². The van der Waals surface area contributed by atoms with E-state index in [1.807, 2.05) is 30.3 Å². The van der Waals surface area contributed by atoms with Crippen LogP contribution in [0.4, 0.5) is 5.69 Å². The third-order valence-corrected chi connectivity index (χ3v) is 6.48. The summed E-state index contributed by atoms with van der Waals surface area (Å²) in [6, 6.07) is 13.6. The van der Waals surface area contributed by atoms with Crippen LogP contribution < -0.4 is 0 Å². The minimum absolute atomic E-state index is 0.111. The van der Waals surface area contributed by atoms with Gasteiger partial charge in [0.2, 0.25) is 0 Å². The molecule has 1 amide bonds. The number of hydrogen-bond acceptors (Lipinski definition) is 6. The van der Waals surface area contributed by atoms with Crippen LogP contribution in [0.2, 0.25) is 0 Å². The number of rotatable bonds is 7. The SMILES string of the molecule is Cc1ccc(C(=O)N2C(CCc3ccccc3)SCC2C(=O)OC(C)C)cc1[N+](=O)[O-]. The monoisotopic (exact) mass is 442 g/mol. The largest absolute Gasteiger partial charge is 0.461 e. The van der Waals surface area contributed by atoms with Crippen LogP contribution in [-0.4, -0.2) is 45.0 Å². The molecule has 1 aliphatic heterocycles. The highest BCUT2D eigenvalue weighted by Crippen LogP contribution is 2.35. The summed E-state index contributed by atoms with van der Waals surface area (Å²) < 4.78 is 5.39. The van der Waals surface area contributed by atoms with Crippen molar-refractivity contribution in [3.8, 4) is 0 Å². The molecule has 2 unspecified atom stereocenters. The first-order valence-corrected chi connectivity index (χ1v) is 11.3. The van der Waals surface area contributed by atoms with Crippen molar-refractivity contribution in [1.29, 1.82) is 0 Å². The van der Waals surface area contributed by atoms with E-state index in [1.165, 1.54) is 6.07 Å². The van der Waals surface area contributed by atoms with Crippen molar-refractivity contribution in [2.75, 3.05) is 5.75 Å². The van der Waals surface area contributed by atoms with Gasteiger partial charge in [0, 0.05) is 22.9 Å². The van der Waals surface area contributed by atoms with Gasteiger partial charge in [0.15, 0.2) is 0 Å². The number of benzene rings is 2. The van der Waals surface area contributed by atoms with E-state index in [4.69, 9.17) is 4.74 Å². The summed E-state index contributed by atoms with van der Waals surface area (Å²) in [5, 5.41) is 11.1. The zero-order valence-electron chi connectivity index (χ0n) is 17.8. The number of nitrogens with zero attached hydrogens (tertiary/aromatic N) is 2. The van der Waals surface area contributed by atoms with Gasteiger partial charge in [0.1, 0.15) is 6.04 Å². The Morgan fingerprint density at radius 1 is 1.23 bits per heavy atom. The molecule has 0 radical (unpaired) electrons. The standard InChI is InChI=1S/C23H26N2O5S/c1-15(2)30-23(27)20-14-31-21(12-10-17-7-5-4-6-8-17)24(20)22(26)18-11-9-16(3)19(13-18)25(28)29/h4-9,11,13,15,20-21H,10,12,14H2,1-3H3. The normalized spacial score (nSPS) is 18.3. The molecule has 2 aromatic carbocycles. The molecule has 8 heteroatoms. The summed E-state index contributed by atoms with van der Waals surface area (Å²) >= 11 is 1.54. The van der Waals surface area contributed by atoms with Gasteiger partial charge in [-0.2, -0.15) is 0 Å². The molecule has 2 aromatic rings. The number of aryl methyl sites for hydroxylation is 2. The second-order valence-corrected chi connectivity index (χ2v) is 9.00. The fourth-order valence-corrected chi connectivity index (χ4v) is 4.96. The highest BCUT2D eigenvalue weighted by molar-refractivity contribution is 8.00. The van der Waals surface area contributed by atoms with Gasteiger partial charge in [-0.3, -0.25) is 14.9 Å². The van der Waals surface area contributed by atoms with Crippen molar-refractivity contribution in [3.63, 3.8) is 0 Å². The molecule has 0 bridgehead atoms. The summed E-state index contributed by atoms with van der Waals surface area (Å²) in [6.07, 6.45) is 1.13. The van der Waals surface area contributed by atoms with E-state index in [0.29, 0.717) is 17.7 Å². The first kappa shape index (κ1) is 22.8. The van der Waals surface area contributed by atoms with E-state index in [9.17, 15) is 19.7 Å². The fourth-order valence-electron chi connectivity index (χ4n) is 3.57. The van der Waals surface area contributed by atoms with Crippen LogP contribution >= 0.6 is 11.8 Å². The van der Waals surface area contributed by atoms with Crippen LogP contribution in [0, 0.1) is 17.0 Å². The van der Waals surface area contributed by atoms with Crippen molar-refractivity contribution < 1.29 is 19.2 Å². The smallest absolute Gasteiger partial charge is 0.330 e. The molecular weight excluding hydrogens is 416 g/mol. The first-order chi connectivity index (χ1) is 14.8. The van der Waals surface area contributed by atoms with Gasteiger partial charge in [0.05, 0.1) is 16.4 Å². The minimum Gasteiger partial charge on any atom is -0.461 e. The maximum Gasteiger partial charge on any atom is 0.330 e. The lowest BCUT2D eigenvalue weighted by Crippen LogP contribution is -2.47. The zero-order chi connectivity index (χ0) is 22.5. The van der Waals surface area contributed by atoms with Gasteiger partial charge in [-0.1, -0.05) is 36.4 Å². The molecular formula is C23H26N2O5S. The van der Waals surface area contributed by atoms with E-state index < -0.39 is 22.8 Å². The van der Waals surface area contributed by atoms with Crippen molar-refractivity contribution in [1.82, 2.24) is 4.90 Å². The fraction of sp³-hybridized carbons (Fsp3) is 0.391. The number of carbonyl (C=O) groups excluding carboxylic acids is 2. The van der Waals surface area contributed by atoms with Gasteiger partial charge in [-0.05, 0) is 45.2 Å². The van der Waals surface area contributed by atoms with E-state index in [0.717, 1.165) is 12.0 Å². The molecule has 1 aliphatic rings. The number of nitro groups is 1. The van der Waals surface area contributed by atoms with Crippen LogP contribution in [0.5, 0.6) is 0 Å². The molecule has 0 spiro atoms. The Balaban J connectivity index is 1.88. The maximum absolute atomic E-state index is 13.4. The Kier molecular flexibility index (Phi) is 7.33. The molecule has 1 saturated heterocycles. The van der Waals surface area contributed by atoms with Gasteiger partial charge >= 0.3 is 5.97 Å². The Labute approximate surface area is 185 Å².